The average Bonchev–Trinajstić information content (AvgIpc) is 2.78. The number of allylic oxidation sites excluding steroid dienone is 6. The number of piperazine rings is 1. The van der Waals surface area contributed by atoms with Crippen LogP contribution in [0.25, 0.3) is 16.8 Å². The second kappa shape index (κ2) is 10.7. The van der Waals surface area contributed by atoms with Gasteiger partial charge in [-0.25, -0.2) is 9.97 Å². The van der Waals surface area contributed by atoms with Gasteiger partial charge in [0.2, 0.25) is 0 Å². The van der Waals surface area contributed by atoms with Crippen molar-refractivity contribution >= 4 is 34.0 Å². The fourth-order valence-electron chi connectivity index (χ4n) is 3.69. The van der Waals surface area contributed by atoms with Gasteiger partial charge in [-0.3, -0.25) is 0 Å². The first-order valence-electron chi connectivity index (χ1n) is 10.5. The van der Waals surface area contributed by atoms with Gasteiger partial charge in [0.25, 0.3) is 0 Å². The number of rotatable bonds is 7. The largest absolute Gasteiger partial charge is 0.402 e. The number of halogens is 1. The summed E-state index contributed by atoms with van der Waals surface area (Å²) in [5, 5.41) is 0. The van der Waals surface area contributed by atoms with E-state index in [0.717, 1.165) is 64.5 Å². The lowest BCUT2D eigenvalue weighted by atomic mass is 10.0. The fraction of sp³-hybridized carbons (Fsp3) is 0.280. The molecule has 2 heterocycles. The van der Waals surface area contributed by atoms with Gasteiger partial charge in [-0.05, 0) is 47.7 Å². The maximum absolute atomic E-state index is 6.33. The third-order valence-corrected chi connectivity index (χ3v) is 5.68. The van der Waals surface area contributed by atoms with Crippen molar-refractivity contribution in [1.82, 2.24) is 14.9 Å². The van der Waals surface area contributed by atoms with Crippen LogP contribution in [0.2, 0.25) is 0 Å². The third kappa shape index (κ3) is 5.83. The molecule has 0 bridgehead atoms. The monoisotopic (exact) mass is 527 g/mol. The molecule has 1 aliphatic rings. The number of benzene rings is 1. The highest BCUT2D eigenvalue weighted by atomic mass is 127. The van der Waals surface area contributed by atoms with E-state index >= 15 is 0 Å². The number of hydrogen-bond acceptors (Lipinski definition) is 5. The number of nitrogens with two attached hydrogens (primary N) is 1. The summed E-state index contributed by atoms with van der Waals surface area (Å²) in [5.41, 5.74) is 10.6. The van der Waals surface area contributed by atoms with Crippen LogP contribution in [0.4, 0.5) is 5.82 Å². The Morgan fingerprint density at radius 3 is 2.39 bits per heavy atom. The van der Waals surface area contributed by atoms with E-state index in [2.05, 4.69) is 70.7 Å². The lowest BCUT2D eigenvalue weighted by Gasteiger charge is -2.35. The topological polar surface area (TPSA) is 58.3 Å². The Hall–Kier alpha value is -2.45. The summed E-state index contributed by atoms with van der Waals surface area (Å²) < 4.78 is 0.890. The Bertz CT molecular complexity index is 998. The minimum absolute atomic E-state index is 0.609. The minimum atomic E-state index is 0.609. The van der Waals surface area contributed by atoms with Crippen molar-refractivity contribution in [3.63, 3.8) is 0 Å². The standard InChI is InChI=1S/C25H30IN5/c1-5-20(16-18(3)26)24(19(4)27)25-28-22(21-10-8-7-9-11-21)17-23(29-25)31-14-12-30(6-2)13-15-31/h5,7-11,16-17H,1,3,6,12-15,27H2,2,4H3/b20-16+,24-19-. The van der Waals surface area contributed by atoms with Gasteiger partial charge in [-0.1, -0.05) is 56.5 Å². The Labute approximate surface area is 199 Å². The van der Waals surface area contributed by atoms with E-state index in [1.807, 2.05) is 31.2 Å². The van der Waals surface area contributed by atoms with Crippen LogP contribution in [-0.2, 0) is 0 Å². The molecule has 2 aromatic rings. The van der Waals surface area contributed by atoms with Crippen molar-refractivity contribution in [2.75, 3.05) is 37.6 Å². The number of anilines is 1. The number of nitrogens with zero attached hydrogens (tertiary/aromatic N) is 4. The van der Waals surface area contributed by atoms with Crippen molar-refractivity contribution in [2.45, 2.75) is 13.8 Å². The quantitative estimate of drug-likeness (QED) is 0.404. The summed E-state index contributed by atoms with van der Waals surface area (Å²) in [5.74, 6) is 1.54. The molecule has 0 unspecified atom stereocenters. The van der Waals surface area contributed by atoms with E-state index in [0.29, 0.717) is 11.5 Å². The van der Waals surface area contributed by atoms with Crippen LogP contribution in [0.1, 0.15) is 19.7 Å². The lowest BCUT2D eigenvalue weighted by molar-refractivity contribution is 0.270. The van der Waals surface area contributed by atoms with Crippen LogP contribution in [0.15, 0.2) is 76.6 Å². The van der Waals surface area contributed by atoms with E-state index in [1.54, 1.807) is 6.08 Å². The molecular formula is C25H30IN5. The highest BCUT2D eigenvalue weighted by molar-refractivity contribution is 14.1. The first kappa shape index (κ1) is 23.2. The third-order valence-electron chi connectivity index (χ3n) is 5.36. The van der Waals surface area contributed by atoms with E-state index in [-0.39, 0.29) is 0 Å². The molecule has 0 spiro atoms. The van der Waals surface area contributed by atoms with Crippen molar-refractivity contribution in [3.05, 3.63) is 82.4 Å². The summed E-state index contributed by atoms with van der Waals surface area (Å²) in [7, 11) is 0. The number of aromatic nitrogens is 2. The van der Waals surface area contributed by atoms with E-state index in [1.165, 1.54) is 0 Å². The summed E-state index contributed by atoms with van der Waals surface area (Å²) in [6.07, 6.45) is 3.74. The van der Waals surface area contributed by atoms with Crippen LogP contribution in [0, 0.1) is 0 Å². The molecule has 31 heavy (non-hydrogen) atoms. The molecule has 0 amide bonds. The fourth-order valence-corrected chi connectivity index (χ4v) is 4.03. The van der Waals surface area contributed by atoms with Crippen LogP contribution in [-0.4, -0.2) is 47.6 Å². The maximum Gasteiger partial charge on any atom is 0.164 e. The molecule has 2 N–H and O–H groups in total. The van der Waals surface area contributed by atoms with Gasteiger partial charge in [0.1, 0.15) is 5.82 Å². The van der Waals surface area contributed by atoms with Gasteiger partial charge in [0.05, 0.1) is 5.69 Å². The Morgan fingerprint density at radius 2 is 1.84 bits per heavy atom. The summed E-state index contributed by atoms with van der Waals surface area (Å²) in [4.78, 5) is 14.7. The molecule has 1 aliphatic heterocycles. The van der Waals surface area contributed by atoms with Crippen molar-refractivity contribution in [3.8, 4) is 11.3 Å². The highest BCUT2D eigenvalue weighted by Crippen LogP contribution is 2.30. The second-order valence-corrected chi connectivity index (χ2v) is 8.92. The molecule has 0 atom stereocenters. The molecule has 0 radical (unpaired) electrons. The summed E-state index contributed by atoms with van der Waals surface area (Å²) in [6.45, 7) is 17.1. The number of likely N-dealkylation sites (N-methyl/N-ethyl adjacent to an activating group) is 1. The van der Waals surface area contributed by atoms with Crippen LogP contribution in [0.5, 0.6) is 0 Å². The normalized spacial score (nSPS) is 16.1. The second-order valence-electron chi connectivity index (χ2n) is 7.53. The van der Waals surface area contributed by atoms with Gasteiger partial charge < -0.3 is 15.5 Å². The molecular weight excluding hydrogens is 497 g/mol. The molecule has 6 heteroatoms. The molecule has 162 valence electrons. The first-order valence-corrected chi connectivity index (χ1v) is 11.6. The summed E-state index contributed by atoms with van der Waals surface area (Å²) >= 11 is 2.18. The first-order chi connectivity index (χ1) is 14.9. The molecule has 1 aromatic heterocycles. The van der Waals surface area contributed by atoms with Gasteiger partial charge in [0.15, 0.2) is 5.82 Å². The Balaban J connectivity index is 2.14. The average molecular weight is 527 g/mol. The predicted molar refractivity (Wildman–Crippen MR) is 140 cm³/mol. The molecule has 0 saturated carbocycles. The number of hydrogen-bond donors (Lipinski definition) is 1. The molecule has 3 rings (SSSR count). The van der Waals surface area contributed by atoms with Gasteiger partial charge in [-0.15, -0.1) is 0 Å². The lowest BCUT2D eigenvalue weighted by Crippen LogP contribution is -2.46. The van der Waals surface area contributed by atoms with Crippen molar-refractivity contribution < 1.29 is 0 Å². The van der Waals surface area contributed by atoms with Crippen LogP contribution >= 0.6 is 22.6 Å². The van der Waals surface area contributed by atoms with Crippen LogP contribution < -0.4 is 10.6 Å². The Kier molecular flexibility index (Phi) is 8.03. The summed E-state index contributed by atoms with van der Waals surface area (Å²) in [6, 6.07) is 12.3. The van der Waals surface area contributed by atoms with Gasteiger partial charge in [0, 0.05) is 52.7 Å². The molecule has 1 fully saturated rings. The molecule has 0 aliphatic carbocycles. The zero-order valence-electron chi connectivity index (χ0n) is 18.3. The predicted octanol–water partition coefficient (Wildman–Crippen LogP) is 5.04. The highest BCUT2D eigenvalue weighted by Gasteiger charge is 2.21. The minimum Gasteiger partial charge on any atom is -0.402 e. The Morgan fingerprint density at radius 1 is 1.16 bits per heavy atom. The smallest absolute Gasteiger partial charge is 0.164 e. The van der Waals surface area contributed by atoms with Crippen molar-refractivity contribution in [2.24, 2.45) is 5.73 Å². The SMILES string of the molecule is C=CC(=C\C(=C)I)/C(=C(\C)N)c1nc(-c2ccccc2)cc(N2CCN(CC)CC2)n1. The van der Waals surface area contributed by atoms with E-state index in [4.69, 9.17) is 15.7 Å². The molecule has 5 nitrogen and oxygen atoms in total. The van der Waals surface area contributed by atoms with Gasteiger partial charge >= 0.3 is 0 Å². The molecule has 1 aromatic carbocycles. The maximum atomic E-state index is 6.33. The van der Waals surface area contributed by atoms with Crippen molar-refractivity contribution in [1.29, 1.82) is 0 Å². The van der Waals surface area contributed by atoms with E-state index in [9.17, 15) is 0 Å². The molecule has 1 saturated heterocycles. The van der Waals surface area contributed by atoms with Crippen LogP contribution in [0.3, 0.4) is 0 Å². The van der Waals surface area contributed by atoms with E-state index < -0.39 is 0 Å². The zero-order chi connectivity index (χ0) is 22.4. The zero-order valence-corrected chi connectivity index (χ0v) is 20.5. The van der Waals surface area contributed by atoms with Gasteiger partial charge in [-0.2, -0.15) is 0 Å².